The number of carbonyl (C=O) groups is 1. The summed E-state index contributed by atoms with van der Waals surface area (Å²) in [6.07, 6.45) is 0. The molecule has 0 unspecified atom stereocenters. The fraction of sp³-hybridized carbons (Fsp3) is 0.462. The normalized spacial score (nSPS) is 15.6. The molecule has 17 heavy (non-hydrogen) atoms. The van der Waals surface area contributed by atoms with Crippen LogP contribution in [0.5, 0.6) is 0 Å². The average Bonchev–Trinajstić information content (AvgIpc) is 2.40. The van der Waals surface area contributed by atoms with Gasteiger partial charge in [-0.3, -0.25) is 4.79 Å². The highest BCUT2D eigenvalue weighted by molar-refractivity contribution is 5.93. The number of carbonyl (C=O) groups excluding carboxylic acids is 1. The van der Waals surface area contributed by atoms with E-state index >= 15 is 0 Å². The molecule has 1 aromatic rings. The summed E-state index contributed by atoms with van der Waals surface area (Å²) in [5.74, 6) is -0.0411. The maximum atomic E-state index is 10.9. The highest BCUT2D eigenvalue weighted by Gasteiger charge is 2.01. The molecular formula is C13H21N3O. The summed E-state index contributed by atoms with van der Waals surface area (Å²) in [5.41, 5.74) is 0.699. The Balaban J connectivity index is 0.000000181. The third-order valence-electron chi connectivity index (χ3n) is 2.60. The van der Waals surface area contributed by atoms with Gasteiger partial charge < -0.3 is 15.5 Å². The highest BCUT2D eigenvalue weighted by Crippen LogP contribution is 1.96. The Labute approximate surface area is 103 Å². The van der Waals surface area contributed by atoms with Crippen LogP contribution in [-0.4, -0.2) is 51.1 Å². The van der Waals surface area contributed by atoms with Crippen LogP contribution in [0.3, 0.4) is 0 Å². The van der Waals surface area contributed by atoms with Gasteiger partial charge in [-0.1, -0.05) is 18.2 Å². The van der Waals surface area contributed by atoms with E-state index in [2.05, 4.69) is 22.6 Å². The molecule has 0 radical (unpaired) electrons. The van der Waals surface area contributed by atoms with E-state index in [1.807, 2.05) is 18.2 Å². The standard InChI is InChI=1S/C8H9NO.C5H12N2/c1-9-8(10)7-5-3-2-4-6-7;1-7-4-2-6-3-5-7/h2-6H,1H3,(H,9,10);6H,2-5H2,1H3. The fourth-order valence-electron chi connectivity index (χ4n) is 1.51. The van der Waals surface area contributed by atoms with Gasteiger partial charge in [-0.05, 0) is 19.2 Å². The van der Waals surface area contributed by atoms with Crippen LogP contribution in [0.15, 0.2) is 30.3 Å². The third-order valence-corrected chi connectivity index (χ3v) is 2.60. The quantitative estimate of drug-likeness (QED) is 0.748. The molecule has 1 aliphatic heterocycles. The van der Waals surface area contributed by atoms with Crippen molar-refractivity contribution in [3.63, 3.8) is 0 Å². The van der Waals surface area contributed by atoms with E-state index in [9.17, 15) is 4.79 Å². The maximum Gasteiger partial charge on any atom is 0.251 e. The monoisotopic (exact) mass is 235 g/mol. The van der Waals surface area contributed by atoms with Crippen molar-refractivity contribution in [2.24, 2.45) is 0 Å². The Hall–Kier alpha value is -1.39. The fourth-order valence-corrected chi connectivity index (χ4v) is 1.51. The Morgan fingerprint density at radius 1 is 1.24 bits per heavy atom. The number of hydrogen-bond acceptors (Lipinski definition) is 3. The van der Waals surface area contributed by atoms with E-state index in [-0.39, 0.29) is 5.91 Å². The van der Waals surface area contributed by atoms with E-state index in [0.717, 1.165) is 13.1 Å². The Morgan fingerprint density at radius 3 is 2.24 bits per heavy atom. The van der Waals surface area contributed by atoms with Gasteiger partial charge in [0.05, 0.1) is 0 Å². The van der Waals surface area contributed by atoms with Crippen LogP contribution < -0.4 is 10.6 Å². The molecule has 0 saturated carbocycles. The molecule has 0 aromatic heterocycles. The molecule has 2 N–H and O–H groups in total. The molecule has 1 aliphatic rings. The van der Waals surface area contributed by atoms with Crippen molar-refractivity contribution < 1.29 is 4.79 Å². The summed E-state index contributed by atoms with van der Waals surface area (Å²) in [5, 5.41) is 5.82. The number of nitrogens with one attached hydrogen (secondary N) is 2. The summed E-state index contributed by atoms with van der Waals surface area (Å²) in [6.45, 7) is 4.74. The lowest BCUT2D eigenvalue weighted by atomic mass is 10.2. The smallest absolute Gasteiger partial charge is 0.251 e. The number of nitrogens with zero attached hydrogens (tertiary/aromatic N) is 1. The topological polar surface area (TPSA) is 44.4 Å². The zero-order valence-corrected chi connectivity index (χ0v) is 10.6. The van der Waals surface area contributed by atoms with Crippen molar-refractivity contribution in [1.82, 2.24) is 15.5 Å². The third kappa shape index (κ3) is 5.47. The second kappa shape index (κ2) is 7.81. The molecule has 2 rings (SSSR count). The summed E-state index contributed by atoms with van der Waals surface area (Å²) in [4.78, 5) is 13.2. The predicted octanol–water partition coefficient (Wildman–Crippen LogP) is 0.568. The number of rotatable bonds is 1. The van der Waals surface area contributed by atoms with E-state index in [1.54, 1.807) is 19.2 Å². The largest absolute Gasteiger partial charge is 0.355 e. The second-order valence-electron chi connectivity index (χ2n) is 4.00. The van der Waals surface area contributed by atoms with Gasteiger partial charge in [-0.15, -0.1) is 0 Å². The number of benzene rings is 1. The molecule has 0 aliphatic carbocycles. The van der Waals surface area contributed by atoms with Gasteiger partial charge in [0.25, 0.3) is 5.91 Å². The molecule has 1 amide bonds. The van der Waals surface area contributed by atoms with Crippen molar-refractivity contribution in [3.05, 3.63) is 35.9 Å². The first-order chi connectivity index (χ1) is 8.24. The maximum absolute atomic E-state index is 10.9. The Kier molecular flexibility index (Phi) is 6.29. The first kappa shape index (κ1) is 13.7. The molecule has 1 saturated heterocycles. The zero-order valence-electron chi connectivity index (χ0n) is 10.6. The van der Waals surface area contributed by atoms with Gasteiger partial charge in [-0.25, -0.2) is 0 Å². The first-order valence-electron chi connectivity index (χ1n) is 5.90. The highest BCUT2D eigenvalue weighted by atomic mass is 16.1. The minimum atomic E-state index is -0.0411. The summed E-state index contributed by atoms with van der Waals surface area (Å²) in [6, 6.07) is 9.11. The number of hydrogen-bond donors (Lipinski definition) is 2. The van der Waals surface area contributed by atoms with Crippen LogP contribution in [0.2, 0.25) is 0 Å². The first-order valence-corrected chi connectivity index (χ1v) is 5.90. The van der Waals surface area contributed by atoms with Crippen LogP contribution >= 0.6 is 0 Å². The molecule has 1 heterocycles. The van der Waals surface area contributed by atoms with Crippen LogP contribution in [-0.2, 0) is 0 Å². The van der Waals surface area contributed by atoms with Crippen molar-refractivity contribution in [1.29, 1.82) is 0 Å². The van der Waals surface area contributed by atoms with E-state index < -0.39 is 0 Å². The van der Waals surface area contributed by atoms with Gasteiger partial charge in [-0.2, -0.15) is 0 Å². The van der Waals surface area contributed by atoms with Crippen LogP contribution in [0.4, 0.5) is 0 Å². The predicted molar refractivity (Wildman–Crippen MR) is 70.2 cm³/mol. The van der Waals surface area contributed by atoms with Gasteiger partial charge >= 0.3 is 0 Å². The van der Waals surface area contributed by atoms with Crippen molar-refractivity contribution in [3.8, 4) is 0 Å². The van der Waals surface area contributed by atoms with E-state index in [0.29, 0.717) is 5.56 Å². The number of piperazine rings is 1. The van der Waals surface area contributed by atoms with Crippen molar-refractivity contribution in [2.45, 2.75) is 0 Å². The molecule has 0 bridgehead atoms. The summed E-state index contributed by atoms with van der Waals surface area (Å²) in [7, 11) is 3.77. The van der Waals surface area contributed by atoms with Gasteiger partial charge in [0.1, 0.15) is 0 Å². The Morgan fingerprint density at radius 2 is 1.82 bits per heavy atom. The van der Waals surface area contributed by atoms with E-state index in [1.165, 1.54) is 13.1 Å². The van der Waals surface area contributed by atoms with E-state index in [4.69, 9.17) is 0 Å². The molecule has 4 nitrogen and oxygen atoms in total. The lowest BCUT2D eigenvalue weighted by molar-refractivity contribution is 0.0963. The molecule has 1 aromatic carbocycles. The van der Waals surface area contributed by atoms with Crippen LogP contribution in [0, 0.1) is 0 Å². The second-order valence-corrected chi connectivity index (χ2v) is 4.00. The van der Waals surface area contributed by atoms with Gasteiger partial charge in [0, 0.05) is 38.8 Å². The average molecular weight is 235 g/mol. The van der Waals surface area contributed by atoms with Crippen molar-refractivity contribution in [2.75, 3.05) is 40.3 Å². The lowest BCUT2D eigenvalue weighted by Crippen LogP contribution is -2.40. The number of likely N-dealkylation sites (N-methyl/N-ethyl adjacent to an activating group) is 1. The van der Waals surface area contributed by atoms with Gasteiger partial charge in [0.2, 0.25) is 0 Å². The molecular weight excluding hydrogens is 214 g/mol. The minimum absolute atomic E-state index is 0.0411. The lowest BCUT2D eigenvalue weighted by Gasteiger charge is -2.21. The molecule has 1 fully saturated rings. The van der Waals surface area contributed by atoms with Crippen molar-refractivity contribution >= 4 is 5.91 Å². The zero-order chi connectivity index (χ0) is 12.5. The molecule has 94 valence electrons. The van der Waals surface area contributed by atoms with Gasteiger partial charge in [0.15, 0.2) is 0 Å². The van der Waals surface area contributed by atoms with Crippen LogP contribution in [0.25, 0.3) is 0 Å². The number of amides is 1. The Bertz CT molecular complexity index is 321. The summed E-state index contributed by atoms with van der Waals surface area (Å²) >= 11 is 0. The summed E-state index contributed by atoms with van der Waals surface area (Å²) < 4.78 is 0. The molecule has 4 heteroatoms. The minimum Gasteiger partial charge on any atom is -0.355 e. The van der Waals surface area contributed by atoms with Crippen LogP contribution in [0.1, 0.15) is 10.4 Å². The SMILES string of the molecule is CN1CCNCC1.CNC(=O)c1ccccc1. The molecule has 0 atom stereocenters. The molecule has 0 spiro atoms.